The largest absolute Gasteiger partial charge is 0.395 e. The predicted octanol–water partition coefficient (Wildman–Crippen LogP) is 5.77. The summed E-state index contributed by atoms with van der Waals surface area (Å²) in [7, 11) is 1.73. The van der Waals surface area contributed by atoms with Gasteiger partial charge in [0.1, 0.15) is 5.82 Å². The fourth-order valence-corrected chi connectivity index (χ4v) is 6.80. The summed E-state index contributed by atoms with van der Waals surface area (Å²) in [5, 5.41) is 14.0. The molecule has 1 fully saturated rings. The Balaban J connectivity index is 1.22. The molecule has 5 rings (SSSR count). The van der Waals surface area contributed by atoms with Crippen molar-refractivity contribution in [2.45, 2.75) is 57.5 Å². The fraction of sp³-hybridized carbons (Fsp3) is 0.429. The standard InChI is InChI=1S/C35H44ClN5O3/c1-24-30-7-3-8-31(36)35(30)41(17-5-19-44-2)34(24)28-6-4-16-40(23-28)33(43)21-29(37)20-25-9-11-26(12-10-25)27-13-14-32(39-22-27)38-15-18-42/h3,7-14,22,28-29,42H,4-6,15-21,23,37H2,1-2H3,(H,38,39). The van der Waals surface area contributed by atoms with Gasteiger partial charge in [0.05, 0.1) is 17.1 Å². The quantitative estimate of drug-likeness (QED) is 0.165. The summed E-state index contributed by atoms with van der Waals surface area (Å²) in [6.07, 6.45) is 5.68. The molecule has 2 aromatic carbocycles. The van der Waals surface area contributed by atoms with E-state index >= 15 is 0 Å². The SMILES string of the molecule is COCCCn1c(C2CCCN(C(=O)CC(N)Cc3ccc(-c4ccc(NCCO)nc4)cc3)C2)c(C)c2cccc(Cl)c21. The second-order valence-electron chi connectivity index (χ2n) is 11.8. The van der Waals surface area contributed by atoms with Crippen LogP contribution in [0.5, 0.6) is 0 Å². The molecule has 1 amide bonds. The van der Waals surface area contributed by atoms with Gasteiger partial charge >= 0.3 is 0 Å². The lowest BCUT2D eigenvalue weighted by molar-refractivity contribution is -0.132. The third-order valence-electron chi connectivity index (χ3n) is 8.63. The molecule has 9 heteroatoms. The molecule has 2 unspecified atom stereocenters. The summed E-state index contributed by atoms with van der Waals surface area (Å²) in [5.41, 5.74) is 13.3. The van der Waals surface area contributed by atoms with E-state index in [4.69, 9.17) is 27.2 Å². The van der Waals surface area contributed by atoms with Crippen molar-refractivity contribution in [3.05, 3.63) is 82.6 Å². The Bertz CT molecular complexity index is 1540. The number of nitrogens with zero attached hydrogens (tertiary/aromatic N) is 3. The molecule has 0 aliphatic carbocycles. The molecule has 44 heavy (non-hydrogen) atoms. The Morgan fingerprint density at radius 1 is 1.18 bits per heavy atom. The smallest absolute Gasteiger partial charge is 0.224 e. The van der Waals surface area contributed by atoms with Crippen LogP contribution in [0.3, 0.4) is 0 Å². The zero-order valence-corrected chi connectivity index (χ0v) is 26.5. The van der Waals surface area contributed by atoms with E-state index < -0.39 is 0 Å². The maximum atomic E-state index is 13.5. The van der Waals surface area contributed by atoms with Gasteiger partial charge in [-0.1, -0.05) is 48.0 Å². The first-order chi connectivity index (χ1) is 21.4. The first kappa shape index (κ1) is 32.0. The van der Waals surface area contributed by atoms with E-state index in [-0.39, 0.29) is 24.5 Å². The van der Waals surface area contributed by atoms with Crippen LogP contribution in [0.1, 0.15) is 48.4 Å². The molecule has 4 N–H and O–H groups in total. The van der Waals surface area contributed by atoms with Crippen molar-refractivity contribution in [1.29, 1.82) is 0 Å². The number of benzene rings is 2. The topological polar surface area (TPSA) is 106 Å². The number of pyridine rings is 1. The summed E-state index contributed by atoms with van der Waals surface area (Å²) in [6, 6.07) is 18.1. The number of ether oxygens (including phenoxy) is 1. The maximum Gasteiger partial charge on any atom is 0.224 e. The van der Waals surface area contributed by atoms with Crippen molar-refractivity contribution in [3.63, 3.8) is 0 Å². The number of rotatable bonds is 13. The number of para-hydroxylation sites is 1. The number of carbonyl (C=O) groups is 1. The van der Waals surface area contributed by atoms with Crippen LogP contribution in [0.15, 0.2) is 60.8 Å². The van der Waals surface area contributed by atoms with Crippen molar-refractivity contribution in [2.24, 2.45) is 5.73 Å². The number of aromatic nitrogens is 2. The lowest BCUT2D eigenvalue weighted by Gasteiger charge is -2.34. The van der Waals surface area contributed by atoms with Crippen LogP contribution in [-0.4, -0.2) is 71.5 Å². The summed E-state index contributed by atoms with van der Waals surface area (Å²) >= 11 is 6.72. The molecule has 1 aliphatic heterocycles. The van der Waals surface area contributed by atoms with Crippen molar-refractivity contribution in [1.82, 2.24) is 14.5 Å². The number of aliphatic hydroxyl groups is 1. The van der Waals surface area contributed by atoms with Crippen LogP contribution in [-0.2, 0) is 22.5 Å². The molecule has 234 valence electrons. The number of amides is 1. The number of nitrogens with one attached hydrogen (secondary N) is 1. The van der Waals surface area contributed by atoms with Gasteiger partial charge in [0.25, 0.3) is 0 Å². The number of carbonyl (C=O) groups excluding carboxylic acids is 1. The highest BCUT2D eigenvalue weighted by molar-refractivity contribution is 6.35. The average molecular weight is 618 g/mol. The highest BCUT2D eigenvalue weighted by Gasteiger charge is 2.30. The monoisotopic (exact) mass is 617 g/mol. The van der Waals surface area contributed by atoms with Crippen LogP contribution in [0, 0.1) is 6.92 Å². The van der Waals surface area contributed by atoms with Gasteiger partial charge in [-0.3, -0.25) is 4.79 Å². The normalized spacial score (nSPS) is 15.9. The van der Waals surface area contributed by atoms with Gasteiger partial charge in [0.2, 0.25) is 5.91 Å². The number of halogens is 1. The molecule has 8 nitrogen and oxygen atoms in total. The van der Waals surface area contributed by atoms with Crippen LogP contribution < -0.4 is 11.1 Å². The van der Waals surface area contributed by atoms with Crippen molar-refractivity contribution in [2.75, 3.05) is 45.3 Å². The molecule has 4 aromatic rings. The van der Waals surface area contributed by atoms with Crippen molar-refractivity contribution in [3.8, 4) is 11.1 Å². The van der Waals surface area contributed by atoms with Crippen LogP contribution in [0.25, 0.3) is 22.0 Å². The first-order valence-electron chi connectivity index (χ1n) is 15.6. The molecule has 0 bridgehead atoms. The lowest BCUT2D eigenvalue weighted by atomic mass is 9.91. The van der Waals surface area contributed by atoms with E-state index in [2.05, 4.69) is 52.1 Å². The third kappa shape index (κ3) is 7.44. The first-order valence-corrected chi connectivity index (χ1v) is 16.0. The van der Waals surface area contributed by atoms with Gasteiger partial charge in [0, 0.05) is 81.1 Å². The number of aryl methyl sites for hydroxylation is 2. The van der Waals surface area contributed by atoms with Gasteiger partial charge in [0.15, 0.2) is 0 Å². The van der Waals surface area contributed by atoms with Gasteiger partial charge < -0.3 is 30.4 Å². The minimum absolute atomic E-state index is 0.0640. The maximum absolute atomic E-state index is 13.5. The number of nitrogens with two attached hydrogens (primary N) is 1. The number of anilines is 1. The van der Waals surface area contributed by atoms with Gasteiger partial charge in [-0.05, 0) is 67.5 Å². The second-order valence-corrected chi connectivity index (χ2v) is 12.2. The fourth-order valence-electron chi connectivity index (χ4n) is 6.52. The molecule has 2 atom stereocenters. The molecular weight excluding hydrogens is 574 g/mol. The number of aliphatic hydroxyl groups excluding tert-OH is 1. The molecule has 0 radical (unpaired) electrons. The zero-order valence-electron chi connectivity index (χ0n) is 25.8. The summed E-state index contributed by atoms with van der Waals surface area (Å²) in [4.78, 5) is 19.9. The van der Waals surface area contributed by atoms with Crippen molar-refractivity contribution >= 4 is 34.2 Å². The van der Waals surface area contributed by atoms with Crippen LogP contribution in [0.2, 0.25) is 5.02 Å². The summed E-state index contributed by atoms with van der Waals surface area (Å²) in [5.74, 6) is 1.10. The summed E-state index contributed by atoms with van der Waals surface area (Å²) < 4.78 is 7.72. The molecule has 1 aliphatic rings. The van der Waals surface area contributed by atoms with Gasteiger partial charge in [-0.15, -0.1) is 0 Å². The minimum atomic E-state index is -0.256. The molecule has 2 aromatic heterocycles. The Morgan fingerprint density at radius 2 is 1.98 bits per heavy atom. The highest BCUT2D eigenvalue weighted by Crippen LogP contribution is 2.38. The Hall–Kier alpha value is -3.43. The number of hydrogen-bond acceptors (Lipinski definition) is 6. The third-order valence-corrected chi connectivity index (χ3v) is 8.94. The molecule has 0 saturated carbocycles. The Morgan fingerprint density at radius 3 is 2.70 bits per heavy atom. The van der Waals surface area contributed by atoms with E-state index in [1.807, 2.05) is 35.4 Å². The Kier molecular flexibility index (Phi) is 10.9. The minimum Gasteiger partial charge on any atom is -0.395 e. The van der Waals surface area contributed by atoms with E-state index in [1.54, 1.807) is 7.11 Å². The number of hydrogen-bond donors (Lipinski definition) is 3. The van der Waals surface area contributed by atoms with Crippen molar-refractivity contribution < 1.29 is 14.6 Å². The second kappa shape index (κ2) is 15.0. The van der Waals surface area contributed by atoms with Gasteiger partial charge in [-0.25, -0.2) is 4.98 Å². The number of piperidine rings is 1. The van der Waals surface area contributed by atoms with E-state index in [9.17, 15) is 4.79 Å². The molecular formula is C35H44ClN5O3. The number of likely N-dealkylation sites (tertiary alicyclic amines) is 1. The zero-order chi connectivity index (χ0) is 31.1. The molecule has 0 spiro atoms. The lowest BCUT2D eigenvalue weighted by Crippen LogP contribution is -2.42. The number of fused-ring (bicyclic) bond motifs is 1. The van der Waals surface area contributed by atoms with E-state index in [0.717, 1.165) is 65.4 Å². The van der Waals surface area contributed by atoms with Gasteiger partial charge in [-0.2, -0.15) is 0 Å². The molecule has 3 heterocycles. The van der Waals surface area contributed by atoms with E-state index in [0.29, 0.717) is 32.5 Å². The number of methoxy groups -OCH3 is 1. The van der Waals surface area contributed by atoms with Crippen LogP contribution in [0.4, 0.5) is 5.82 Å². The molecule has 1 saturated heterocycles. The Labute approximate surface area is 265 Å². The van der Waals surface area contributed by atoms with E-state index in [1.165, 1.54) is 16.6 Å². The summed E-state index contributed by atoms with van der Waals surface area (Å²) in [6.45, 7) is 5.70. The average Bonchev–Trinajstić information content (AvgIpc) is 3.33. The predicted molar refractivity (Wildman–Crippen MR) is 178 cm³/mol. The highest BCUT2D eigenvalue weighted by atomic mass is 35.5. The van der Waals surface area contributed by atoms with Crippen LogP contribution >= 0.6 is 11.6 Å².